The van der Waals surface area contributed by atoms with Crippen molar-refractivity contribution in [1.29, 1.82) is 0 Å². The second kappa shape index (κ2) is 8.42. The molecular weight excluding hydrogens is 374 g/mol. The highest BCUT2D eigenvalue weighted by Crippen LogP contribution is 2.26. The zero-order chi connectivity index (χ0) is 18.5. The van der Waals surface area contributed by atoms with Gasteiger partial charge < -0.3 is 5.32 Å². The Morgan fingerprint density at radius 2 is 2.00 bits per heavy atom. The summed E-state index contributed by atoms with van der Waals surface area (Å²) < 4.78 is 26.8. The van der Waals surface area contributed by atoms with E-state index < -0.39 is 16.9 Å². The molecule has 1 amide bonds. The topological polar surface area (TPSA) is 42.0 Å². The number of hydrogen-bond acceptors (Lipinski definition) is 4. The summed E-state index contributed by atoms with van der Waals surface area (Å²) in [5.41, 5.74) is 1.79. The minimum atomic E-state index is -0.663. The Morgan fingerprint density at radius 3 is 2.77 bits per heavy atom. The number of thiazole rings is 1. The van der Waals surface area contributed by atoms with Crippen molar-refractivity contribution in [3.05, 3.63) is 71.2 Å². The third-order valence-corrected chi connectivity index (χ3v) is 5.73. The van der Waals surface area contributed by atoms with Crippen LogP contribution in [0.2, 0.25) is 0 Å². The van der Waals surface area contributed by atoms with Crippen molar-refractivity contribution in [2.45, 2.75) is 17.9 Å². The van der Waals surface area contributed by atoms with Gasteiger partial charge in [0.2, 0.25) is 5.91 Å². The van der Waals surface area contributed by atoms with Crippen LogP contribution in [0.15, 0.2) is 53.9 Å². The van der Waals surface area contributed by atoms with Gasteiger partial charge in [0.25, 0.3) is 0 Å². The van der Waals surface area contributed by atoms with Gasteiger partial charge in [-0.05, 0) is 19.1 Å². The SMILES string of the molecule is CC(SCc1csc(-c2ccccc2)n1)C(=O)Nc1cc(F)ccc1F. The third-order valence-electron chi connectivity index (χ3n) is 3.61. The Balaban J connectivity index is 1.57. The van der Waals surface area contributed by atoms with Crippen LogP contribution in [-0.4, -0.2) is 16.1 Å². The molecule has 0 aliphatic heterocycles. The van der Waals surface area contributed by atoms with Crippen molar-refractivity contribution in [1.82, 2.24) is 4.98 Å². The zero-order valence-corrected chi connectivity index (χ0v) is 15.5. The zero-order valence-electron chi connectivity index (χ0n) is 13.9. The van der Waals surface area contributed by atoms with E-state index in [9.17, 15) is 13.6 Å². The number of nitrogens with zero attached hydrogens (tertiary/aromatic N) is 1. The van der Waals surface area contributed by atoms with Crippen molar-refractivity contribution >= 4 is 34.7 Å². The molecule has 0 bridgehead atoms. The first-order chi connectivity index (χ1) is 12.5. The fourth-order valence-electron chi connectivity index (χ4n) is 2.20. The highest BCUT2D eigenvalue weighted by atomic mass is 32.2. The molecule has 0 saturated carbocycles. The molecule has 134 valence electrons. The summed E-state index contributed by atoms with van der Waals surface area (Å²) in [6, 6.07) is 12.8. The van der Waals surface area contributed by atoms with Gasteiger partial charge in [-0.15, -0.1) is 23.1 Å². The summed E-state index contributed by atoms with van der Waals surface area (Å²) in [5.74, 6) is -1.08. The number of halogens is 2. The van der Waals surface area contributed by atoms with Gasteiger partial charge in [-0.1, -0.05) is 30.3 Å². The molecule has 0 spiro atoms. The van der Waals surface area contributed by atoms with E-state index in [0.29, 0.717) is 5.75 Å². The highest BCUT2D eigenvalue weighted by Gasteiger charge is 2.16. The molecule has 3 aromatic rings. The van der Waals surface area contributed by atoms with E-state index >= 15 is 0 Å². The largest absolute Gasteiger partial charge is 0.323 e. The Labute approximate surface area is 158 Å². The fourth-order valence-corrected chi connectivity index (χ4v) is 3.91. The van der Waals surface area contributed by atoms with Gasteiger partial charge >= 0.3 is 0 Å². The first kappa shape index (κ1) is 18.5. The predicted molar refractivity (Wildman–Crippen MR) is 103 cm³/mol. The lowest BCUT2D eigenvalue weighted by Gasteiger charge is -2.12. The minimum Gasteiger partial charge on any atom is -0.323 e. The molecule has 1 aromatic heterocycles. The lowest BCUT2D eigenvalue weighted by atomic mass is 10.2. The standard InChI is InChI=1S/C19H16F2N2OS2/c1-12(18(24)23-17-9-14(20)7-8-16(17)21)25-10-15-11-26-19(22-15)13-5-3-2-4-6-13/h2-9,11-12H,10H2,1H3,(H,23,24). The monoisotopic (exact) mass is 390 g/mol. The van der Waals surface area contributed by atoms with Crippen molar-refractivity contribution in [3.63, 3.8) is 0 Å². The molecule has 0 aliphatic carbocycles. The van der Waals surface area contributed by atoms with E-state index in [1.165, 1.54) is 11.8 Å². The average Bonchev–Trinajstić information content (AvgIpc) is 3.12. The highest BCUT2D eigenvalue weighted by molar-refractivity contribution is 7.99. The number of hydrogen-bond donors (Lipinski definition) is 1. The van der Waals surface area contributed by atoms with Crippen LogP contribution in [0, 0.1) is 11.6 Å². The molecule has 3 rings (SSSR count). The first-order valence-electron chi connectivity index (χ1n) is 7.90. The number of thioether (sulfide) groups is 1. The molecule has 2 aromatic carbocycles. The quantitative estimate of drug-likeness (QED) is 0.617. The molecule has 1 N–H and O–H groups in total. The third kappa shape index (κ3) is 4.68. The van der Waals surface area contributed by atoms with Crippen LogP contribution in [0.25, 0.3) is 10.6 Å². The number of carbonyl (C=O) groups excluding carboxylic acids is 1. The number of anilines is 1. The van der Waals surface area contributed by atoms with E-state index in [0.717, 1.165) is 34.5 Å². The van der Waals surface area contributed by atoms with Crippen LogP contribution >= 0.6 is 23.1 Å². The lowest BCUT2D eigenvalue weighted by Crippen LogP contribution is -2.23. The molecule has 1 heterocycles. The van der Waals surface area contributed by atoms with E-state index in [2.05, 4.69) is 10.3 Å². The maximum atomic E-state index is 13.6. The molecule has 1 unspecified atom stereocenters. The number of benzene rings is 2. The summed E-state index contributed by atoms with van der Waals surface area (Å²) in [6.07, 6.45) is 0. The van der Waals surface area contributed by atoms with E-state index in [-0.39, 0.29) is 11.6 Å². The van der Waals surface area contributed by atoms with Crippen molar-refractivity contribution < 1.29 is 13.6 Å². The second-order valence-corrected chi connectivity index (χ2v) is 7.76. The Morgan fingerprint density at radius 1 is 1.23 bits per heavy atom. The van der Waals surface area contributed by atoms with Gasteiger partial charge in [0.15, 0.2) is 0 Å². The Kier molecular flexibility index (Phi) is 6.00. The number of amides is 1. The van der Waals surface area contributed by atoms with Gasteiger partial charge in [-0.25, -0.2) is 13.8 Å². The number of carbonyl (C=O) groups is 1. The number of rotatable bonds is 6. The van der Waals surface area contributed by atoms with Gasteiger partial charge in [-0.2, -0.15) is 0 Å². The number of nitrogens with one attached hydrogen (secondary N) is 1. The predicted octanol–water partition coefficient (Wildman–Crippen LogP) is 5.35. The molecule has 26 heavy (non-hydrogen) atoms. The van der Waals surface area contributed by atoms with Crippen LogP contribution in [0.3, 0.4) is 0 Å². The van der Waals surface area contributed by atoms with E-state index in [1.807, 2.05) is 35.7 Å². The molecular formula is C19H16F2N2OS2. The Bertz CT molecular complexity index is 900. The van der Waals surface area contributed by atoms with Gasteiger partial charge in [0, 0.05) is 22.8 Å². The molecule has 0 saturated heterocycles. The first-order valence-corrected chi connectivity index (χ1v) is 9.83. The summed E-state index contributed by atoms with van der Waals surface area (Å²) in [6.45, 7) is 1.72. The van der Waals surface area contributed by atoms with Crippen molar-refractivity contribution in [3.8, 4) is 10.6 Å². The molecule has 0 radical (unpaired) electrons. The summed E-state index contributed by atoms with van der Waals surface area (Å²) in [7, 11) is 0. The second-order valence-electron chi connectivity index (χ2n) is 5.58. The molecule has 3 nitrogen and oxygen atoms in total. The molecule has 0 aliphatic rings. The smallest absolute Gasteiger partial charge is 0.237 e. The van der Waals surface area contributed by atoms with Crippen LogP contribution in [0.1, 0.15) is 12.6 Å². The van der Waals surface area contributed by atoms with E-state index in [4.69, 9.17) is 0 Å². The van der Waals surface area contributed by atoms with Crippen LogP contribution in [-0.2, 0) is 10.5 Å². The van der Waals surface area contributed by atoms with Crippen LogP contribution in [0.5, 0.6) is 0 Å². The van der Waals surface area contributed by atoms with Gasteiger partial charge in [-0.3, -0.25) is 4.79 Å². The molecule has 7 heteroatoms. The maximum absolute atomic E-state index is 13.6. The van der Waals surface area contributed by atoms with Gasteiger partial charge in [0.05, 0.1) is 16.6 Å². The average molecular weight is 390 g/mol. The number of aromatic nitrogens is 1. The Hall–Kier alpha value is -2.25. The fraction of sp³-hybridized carbons (Fsp3) is 0.158. The van der Waals surface area contributed by atoms with Crippen molar-refractivity contribution in [2.75, 3.05) is 5.32 Å². The van der Waals surface area contributed by atoms with E-state index in [1.54, 1.807) is 18.3 Å². The van der Waals surface area contributed by atoms with Gasteiger partial charge in [0.1, 0.15) is 16.6 Å². The van der Waals surface area contributed by atoms with Crippen molar-refractivity contribution in [2.24, 2.45) is 0 Å². The minimum absolute atomic E-state index is 0.150. The van der Waals surface area contributed by atoms with Crippen LogP contribution < -0.4 is 5.32 Å². The maximum Gasteiger partial charge on any atom is 0.237 e. The lowest BCUT2D eigenvalue weighted by molar-refractivity contribution is -0.115. The van der Waals surface area contributed by atoms with Crippen LogP contribution in [0.4, 0.5) is 14.5 Å². The molecule has 0 fully saturated rings. The summed E-state index contributed by atoms with van der Waals surface area (Å²) in [4.78, 5) is 16.8. The summed E-state index contributed by atoms with van der Waals surface area (Å²) >= 11 is 2.94. The molecule has 1 atom stereocenters. The normalized spacial score (nSPS) is 12.0. The summed E-state index contributed by atoms with van der Waals surface area (Å²) in [5, 5.41) is 4.89.